The second-order valence-corrected chi connectivity index (χ2v) is 5.06. The molecule has 1 unspecified atom stereocenters. The van der Waals surface area contributed by atoms with Crippen LogP contribution in [0.25, 0.3) is 0 Å². The molecule has 116 valence electrons. The van der Waals surface area contributed by atoms with E-state index >= 15 is 0 Å². The smallest absolute Gasteiger partial charge is 0.269 e. The van der Waals surface area contributed by atoms with Crippen LogP contribution < -0.4 is 10.6 Å². The third-order valence-corrected chi connectivity index (χ3v) is 3.29. The molecule has 1 aromatic rings. The number of anilines is 1. The molecule has 21 heavy (non-hydrogen) atoms. The molecule has 0 aliphatic carbocycles. The highest BCUT2D eigenvalue weighted by Gasteiger charge is 2.16. The second-order valence-electron chi connectivity index (χ2n) is 5.06. The lowest BCUT2D eigenvalue weighted by atomic mass is 10.1. The molecule has 7 heteroatoms. The fourth-order valence-corrected chi connectivity index (χ4v) is 2.22. The number of nitrogens with one attached hydrogen (secondary N) is 2. The molecule has 0 aromatic heterocycles. The van der Waals surface area contributed by atoms with Crippen molar-refractivity contribution >= 4 is 17.3 Å². The minimum absolute atomic E-state index is 0.0188. The number of hydrogen-bond acceptors (Lipinski definition) is 5. The lowest BCUT2D eigenvalue weighted by molar-refractivity contribution is -0.384. The number of benzene rings is 1. The van der Waals surface area contributed by atoms with Crippen molar-refractivity contribution < 1.29 is 9.72 Å². The molecule has 1 rings (SSSR count). The zero-order valence-electron chi connectivity index (χ0n) is 12.8. The van der Waals surface area contributed by atoms with E-state index in [4.69, 9.17) is 0 Å². The van der Waals surface area contributed by atoms with E-state index in [1.54, 1.807) is 26.2 Å². The van der Waals surface area contributed by atoms with Crippen LogP contribution in [-0.4, -0.2) is 43.4 Å². The van der Waals surface area contributed by atoms with Gasteiger partial charge in [0, 0.05) is 50.9 Å². The lowest BCUT2D eigenvalue weighted by Crippen LogP contribution is -2.34. The number of carbonyl (C=O) groups is 1. The normalized spacial score (nSPS) is 12.0. The van der Waals surface area contributed by atoms with Gasteiger partial charge < -0.3 is 15.5 Å². The van der Waals surface area contributed by atoms with E-state index in [1.165, 1.54) is 6.07 Å². The standard InChI is InChI=1S/C14H22N4O3/c1-10(14(19)16-3)8-17(4)9-11-7-12(18(20)21)5-6-13(11)15-2/h5-7,10,15H,8-9H2,1-4H3,(H,16,19). The SMILES string of the molecule is CNC(=O)C(C)CN(C)Cc1cc([N+](=O)[O-])ccc1NC. The maximum Gasteiger partial charge on any atom is 0.269 e. The summed E-state index contributed by atoms with van der Waals surface area (Å²) in [7, 11) is 5.27. The zero-order valence-corrected chi connectivity index (χ0v) is 12.8. The summed E-state index contributed by atoms with van der Waals surface area (Å²) >= 11 is 0. The Morgan fingerprint density at radius 3 is 2.62 bits per heavy atom. The Kier molecular flexibility index (Phi) is 6.10. The van der Waals surface area contributed by atoms with Crippen LogP contribution in [0.2, 0.25) is 0 Å². The summed E-state index contributed by atoms with van der Waals surface area (Å²) in [5, 5.41) is 16.5. The largest absolute Gasteiger partial charge is 0.388 e. The average Bonchev–Trinajstić information content (AvgIpc) is 2.45. The van der Waals surface area contributed by atoms with Crippen LogP contribution >= 0.6 is 0 Å². The van der Waals surface area contributed by atoms with Crippen LogP contribution in [0.5, 0.6) is 0 Å². The zero-order chi connectivity index (χ0) is 16.0. The molecule has 1 amide bonds. The van der Waals surface area contributed by atoms with Crippen molar-refractivity contribution in [3.05, 3.63) is 33.9 Å². The number of amides is 1. The molecule has 0 radical (unpaired) electrons. The molecule has 1 atom stereocenters. The quantitative estimate of drug-likeness (QED) is 0.587. The van der Waals surface area contributed by atoms with Crippen LogP contribution in [0.3, 0.4) is 0 Å². The maximum atomic E-state index is 11.5. The molecule has 0 aliphatic rings. The highest BCUT2D eigenvalue weighted by atomic mass is 16.6. The number of nitro groups is 1. The van der Waals surface area contributed by atoms with E-state index in [9.17, 15) is 14.9 Å². The van der Waals surface area contributed by atoms with Gasteiger partial charge in [-0.15, -0.1) is 0 Å². The molecule has 0 aliphatic heterocycles. The van der Waals surface area contributed by atoms with Crippen molar-refractivity contribution in [3.63, 3.8) is 0 Å². The van der Waals surface area contributed by atoms with Gasteiger partial charge in [0.05, 0.1) is 4.92 Å². The lowest BCUT2D eigenvalue weighted by Gasteiger charge is -2.21. The van der Waals surface area contributed by atoms with Gasteiger partial charge >= 0.3 is 0 Å². The van der Waals surface area contributed by atoms with Gasteiger partial charge in [-0.3, -0.25) is 14.9 Å². The first kappa shape index (κ1) is 16.9. The molecule has 0 bridgehead atoms. The number of nitrogens with zero attached hydrogens (tertiary/aromatic N) is 2. The van der Waals surface area contributed by atoms with Crippen LogP contribution in [0.4, 0.5) is 11.4 Å². The van der Waals surface area contributed by atoms with Crippen LogP contribution in [0.1, 0.15) is 12.5 Å². The van der Waals surface area contributed by atoms with E-state index in [1.807, 2.05) is 18.9 Å². The second kappa shape index (κ2) is 7.58. The monoisotopic (exact) mass is 294 g/mol. The van der Waals surface area contributed by atoms with E-state index in [0.717, 1.165) is 11.3 Å². The van der Waals surface area contributed by atoms with E-state index in [-0.39, 0.29) is 17.5 Å². The molecule has 0 fully saturated rings. The third kappa shape index (κ3) is 4.71. The van der Waals surface area contributed by atoms with Crippen molar-refractivity contribution in [3.8, 4) is 0 Å². The Bertz CT molecular complexity index is 519. The third-order valence-electron chi connectivity index (χ3n) is 3.29. The fourth-order valence-electron chi connectivity index (χ4n) is 2.22. The summed E-state index contributed by atoms with van der Waals surface area (Å²) in [6.45, 7) is 2.95. The summed E-state index contributed by atoms with van der Waals surface area (Å²) in [5.74, 6) is -0.161. The van der Waals surface area contributed by atoms with Gasteiger partial charge in [0.25, 0.3) is 5.69 Å². The summed E-state index contributed by atoms with van der Waals surface area (Å²) < 4.78 is 0. The Labute approximate surface area is 124 Å². The Morgan fingerprint density at radius 1 is 1.43 bits per heavy atom. The van der Waals surface area contributed by atoms with Crippen molar-refractivity contribution in [2.75, 3.05) is 33.0 Å². The van der Waals surface area contributed by atoms with Crippen LogP contribution in [0, 0.1) is 16.0 Å². The Morgan fingerprint density at radius 2 is 2.10 bits per heavy atom. The van der Waals surface area contributed by atoms with Gasteiger partial charge in [0.1, 0.15) is 0 Å². The van der Waals surface area contributed by atoms with Gasteiger partial charge in [0.15, 0.2) is 0 Å². The molecule has 0 heterocycles. The minimum Gasteiger partial charge on any atom is -0.388 e. The van der Waals surface area contributed by atoms with Gasteiger partial charge in [-0.05, 0) is 18.7 Å². The van der Waals surface area contributed by atoms with Crippen molar-refractivity contribution in [2.24, 2.45) is 5.92 Å². The topological polar surface area (TPSA) is 87.5 Å². The van der Waals surface area contributed by atoms with E-state index < -0.39 is 4.92 Å². The number of hydrogen-bond donors (Lipinski definition) is 2. The van der Waals surface area contributed by atoms with Gasteiger partial charge in [0.2, 0.25) is 5.91 Å². The minimum atomic E-state index is -0.407. The average molecular weight is 294 g/mol. The molecule has 1 aromatic carbocycles. The highest BCUT2D eigenvalue weighted by Crippen LogP contribution is 2.23. The van der Waals surface area contributed by atoms with Crippen molar-refractivity contribution in [1.82, 2.24) is 10.2 Å². The molecular weight excluding hydrogens is 272 g/mol. The molecule has 2 N–H and O–H groups in total. The first-order valence-corrected chi connectivity index (χ1v) is 6.74. The summed E-state index contributed by atoms with van der Waals surface area (Å²) in [4.78, 5) is 24.0. The number of nitro benzene ring substituents is 1. The first-order chi connectivity index (χ1) is 9.88. The predicted octanol–water partition coefficient (Wildman–Crippen LogP) is 1.45. The Hall–Kier alpha value is -2.15. The predicted molar refractivity (Wildman–Crippen MR) is 82.2 cm³/mol. The summed E-state index contributed by atoms with van der Waals surface area (Å²) in [5.41, 5.74) is 1.75. The Balaban J connectivity index is 2.83. The molecule has 0 saturated heterocycles. The summed E-state index contributed by atoms with van der Waals surface area (Å²) in [6.07, 6.45) is 0. The van der Waals surface area contributed by atoms with Gasteiger partial charge in [-0.25, -0.2) is 0 Å². The molecular formula is C14H22N4O3. The van der Waals surface area contributed by atoms with Crippen LogP contribution in [0.15, 0.2) is 18.2 Å². The first-order valence-electron chi connectivity index (χ1n) is 6.74. The van der Waals surface area contributed by atoms with Crippen LogP contribution in [-0.2, 0) is 11.3 Å². The number of non-ortho nitro benzene ring substituents is 1. The van der Waals surface area contributed by atoms with Gasteiger partial charge in [-0.1, -0.05) is 6.92 Å². The molecule has 0 saturated carbocycles. The number of rotatable bonds is 7. The number of carbonyl (C=O) groups excluding carboxylic acids is 1. The van der Waals surface area contributed by atoms with E-state index in [2.05, 4.69) is 10.6 Å². The molecule has 7 nitrogen and oxygen atoms in total. The summed E-state index contributed by atoms with van der Waals surface area (Å²) in [6, 6.07) is 4.73. The van der Waals surface area contributed by atoms with Crippen molar-refractivity contribution in [1.29, 1.82) is 0 Å². The van der Waals surface area contributed by atoms with Gasteiger partial charge in [-0.2, -0.15) is 0 Å². The highest BCUT2D eigenvalue weighted by molar-refractivity contribution is 5.78. The molecule has 0 spiro atoms. The van der Waals surface area contributed by atoms with Crippen molar-refractivity contribution in [2.45, 2.75) is 13.5 Å². The fraction of sp³-hybridized carbons (Fsp3) is 0.500. The van der Waals surface area contributed by atoms with E-state index in [0.29, 0.717) is 13.1 Å². The maximum absolute atomic E-state index is 11.5.